The lowest BCUT2D eigenvalue weighted by atomic mass is 10.1. The fraction of sp³-hybridized carbons (Fsp3) is 0.353. The van der Waals surface area contributed by atoms with Crippen LogP contribution in [0.4, 0.5) is 0 Å². The van der Waals surface area contributed by atoms with E-state index in [1.807, 2.05) is 48.8 Å². The van der Waals surface area contributed by atoms with Crippen LogP contribution in [-0.2, 0) is 6.42 Å². The Hall–Kier alpha value is -1.23. The Kier molecular flexibility index (Phi) is 6.36. The van der Waals surface area contributed by atoms with Gasteiger partial charge in [0.1, 0.15) is 0 Å². The van der Waals surface area contributed by atoms with E-state index in [9.17, 15) is 5.11 Å². The van der Waals surface area contributed by atoms with Gasteiger partial charge in [-0.2, -0.15) is 0 Å². The monoisotopic (exact) mass is 348 g/mol. The Morgan fingerprint density at radius 2 is 1.86 bits per heavy atom. The number of aliphatic hydroxyl groups is 1. The van der Waals surface area contributed by atoms with E-state index in [2.05, 4.69) is 32.9 Å². The molecule has 0 fully saturated rings. The van der Waals surface area contributed by atoms with E-state index in [1.165, 1.54) is 5.56 Å². The lowest BCUT2D eigenvalue weighted by molar-refractivity contribution is 0.149. The molecule has 1 unspecified atom stereocenters. The summed E-state index contributed by atoms with van der Waals surface area (Å²) in [6.07, 6.45) is 4.96. The zero-order valence-electron chi connectivity index (χ0n) is 12.2. The van der Waals surface area contributed by atoms with Crippen molar-refractivity contribution in [3.8, 4) is 0 Å². The van der Waals surface area contributed by atoms with E-state index < -0.39 is 6.10 Å². The first-order valence-electron chi connectivity index (χ1n) is 7.17. The molecule has 2 aromatic rings. The molecule has 0 saturated heterocycles. The van der Waals surface area contributed by atoms with Gasteiger partial charge in [0, 0.05) is 30.0 Å². The summed E-state index contributed by atoms with van der Waals surface area (Å²) in [6, 6.07) is 11.9. The summed E-state index contributed by atoms with van der Waals surface area (Å²) < 4.78 is 0.969. The van der Waals surface area contributed by atoms with Crippen molar-refractivity contribution in [2.45, 2.75) is 18.9 Å². The van der Waals surface area contributed by atoms with Crippen LogP contribution in [0.5, 0.6) is 0 Å². The number of rotatable bonds is 7. The molecule has 0 spiro atoms. The van der Waals surface area contributed by atoms with Crippen molar-refractivity contribution >= 4 is 15.9 Å². The zero-order chi connectivity index (χ0) is 15.1. The number of pyridine rings is 1. The molecule has 1 atom stereocenters. The van der Waals surface area contributed by atoms with Gasteiger partial charge in [-0.15, -0.1) is 0 Å². The molecule has 4 heteroatoms. The van der Waals surface area contributed by atoms with Crippen molar-refractivity contribution in [2.75, 3.05) is 20.1 Å². The molecule has 2 rings (SSSR count). The van der Waals surface area contributed by atoms with Crippen LogP contribution in [0.15, 0.2) is 53.3 Å². The van der Waals surface area contributed by atoms with E-state index in [0.717, 1.165) is 36.0 Å². The van der Waals surface area contributed by atoms with E-state index >= 15 is 0 Å². The van der Waals surface area contributed by atoms with Crippen LogP contribution in [0, 0.1) is 0 Å². The third-order valence-corrected chi connectivity index (χ3v) is 4.30. The van der Waals surface area contributed by atoms with Gasteiger partial charge in [-0.05, 0) is 49.2 Å². The molecule has 1 aromatic heterocycles. The van der Waals surface area contributed by atoms with Gasteiger partial charge in [0.05, 0.1) is 6.10 Å². The topological polar surface area (TPSA) is 36.4 Å². The lowest BCUT2D eigenvalue weighted by Gasteiger charge is -2.19. The number of likely N-dealkylation sites (N-methyl/N-ethyl adjacent to an activating group) is 1. The first-order chi connectivity index (χ1) is 10.2. The van der Waals surface area contributed by atoms with Crippen molar-refractivity contribution in [1.29, 1.82) is 0 Å². The maximum absolute atomic E-state index is 10.3. The molecule has 0 aliphatic carbocycles. The second-order valence-electron chi connectivity index (χ2n) is 5.23. The van der Waals surface area contributed by atoms with Gasteiger partial charge in [-0.25, -0.2) is 0 Å². The Balaban J connectivity index is 1.76. The predicted molar refractivity (Wildman–Crippen MR) is 89.2 cm³/mol. The van der Waals surface area contributed by atoms with Crippen LogP contribution in [0.2, 0.25) is 0 Å². The highest BCUT2D eigenvalue weighted by molar-refractivity contribution is 9.10. The summed E-state index contributed by atoms with van der Waals surface area (Å²) in [7, 11) is 2.09. The van der Waals surface area contributed by atoms with Crippen LogP contribution in [0.3, 0.4) is 0 Å². The quantitative estimate of drug-likeness (QED) is 0.832. The largest absolute Gasteiger partial charge is 0.388 e. The number of hydrogen-bond acceptors (Lipinski definition) is 3. The Morgan fingerprint density at radius 1 is 1.14 bits per heavy atom. The van der Waals surface area contributed by atoms with Crippen molar-refractivity contribution in [3.63, 3.8) is 0 Å². The molecule has 1 aromatic carbocycles. The fourth-order valence-corrected chi connectivity index (χ4v) is 2.77. The molecule has 1 heterocycles. The Labute approximate surface area is 134 Å². The summed E-state index contributed by atoms with van der Waals surface area (Å²) in [5.74, 6) is 0. The van der Waals surface area contributed by atoms with Gasteiger partial charge >= 0.3 is 0 Å². The number of halogens is 1. The minimum absolute atomic E-state index is 0.427. The minimum atomic E-state index is -0.427. The molecule has 1 N–H and O–H groups in total. The highest BCUT2D eigenvalue weighted by Gasteiger charge is 2.11. The third kappa shape index (κ3) is 5.23. The van der Waals surface area contributed by atoms with Gasteiger partial charge in [0.15, 0.2) is 0 Å². The van der Waals surface area contributed by atoms with Crippen molar-refractivity contribution in [3.05, 3.63) is 64.4 Å². The second kappa shape index (κ2) is 8.27. The average Bonchev–Trinajstić information content (AvgIpc) is 2.52. The fourth-order valence-electron chi connectivity index (χ4n) is 2.22. The molecule has 3 nitrogen and oxygen atoms in total. The lowest BCUT2D eigenvalue weighted by Crippen LogP contribution is -2.24. The molecular weight excluding hydrogens is 328 g/mol. The highest BCUT2D eigenvalue weighted by atomic mass is 79.9. The van der Waals surface area contributed by atoms with Gasteiger partial charge in [-0.3, -0.25) is 4.98 Å². The molecule has 0 saturated carbocycles. The second-order valence-corrected chi connectivity index (χ2v) is 6.09. The van der Waals surface area contributed by atoms with Crippen LogP contribution < -0.4 is 0 Å². The van der Waals surface area contributed by atoms with Crippen LogP contribution in [0.25, 0.3) is 0 Å². The SMILES string of the molecule is CN(CCc1ccncc1)CCC(O)c1ccccc1Br. The van der Waals surface area contributed by atoms with Crippen LogP contribution in [-0.4, -0.2) is 35.1 Å². The third-order valence-electron chi connectivity index (χ3n) is 3.58. The smallest absolute Gasteiger partial charge is 0.0813 e. The van der Waals surface area contributed by atoms with Crippen molar-refractivity contribution < 1.29 is 5.11 Å². The summed E-state index contributed by atoms with van der Waals surface area (Å²) in [4.78, 5) is 6.27. The summed E-state index contributed by atoms with van der Waals surface area (Å²) in [5.41, 5.74) is 2.25. The molecule has 0 aliphatic rings. The molecule has 21 heavy (non-hydrogen) atoms. The Bertz CT molecular complexity index is 547. The average molecular weight is 349 g/mol. The number of nitrogens with zero attached hydrogens (tertiary/aromatic N) is 2. The summed E-state index contributed by atoms with van der Waals surface area (Å²) in [5, 5.41) is 10.3. The highest BCUT2D eigenvalue weighted by Crippen LogP contribution is 2.25. The number of aromatic nitrogens is 1. The van der Waals surface area contributed by atoms with Gasteiger partial charge in [0.2, 0.25) is 0 Å². The van der Waals surface area contributed by atoms with Gasteiger partial charge < -0.3 is 10.0 Å². The van der Waals surface area contributed by atoms with E-state index in [4.69, 9.17) is 0 Å². The Morgan fingerprint density at radius 3 is 2.57 bits per heavy atom. The first kappa shape index (κ1) is 16.1. The molecule has 0 amide bonds. The van der Waals surface area contributed by atoms with Crippen molar-refractivity contribution in [1.82, 2.24) is 9.88 Å². The van der Waals surface area contributed by atoms with Crippen molar-refractivity contribution in [2.24, 2.45) is 0 Å². The van der Waals surface area contributed by atoms with Crippen LogP contribution >= 0.6 is 15.9 Å². The number of benzene rings is 1. The molecule has 0 radical (unpaired) electrons. The van der Waals surface area contributed by atoms with Gasteiger partial charge in [0.25, 0.3) is 0 Å². The first-order valence-corrected chi connectivity index (χ1v) is 7.96. The molecular formula is C17H21BrN2O. The predicted octanol–water partition coefficient (Wildman–Crippen LogP) is 3.44. The van der Waals surface area contributed by atoms with E-state index in [-0.39, 0.29) is 0 Å². The zero-order valence-corrected chi connectivity index (χ0v) is 13.8. The maximum atomic E-state index is 10.3. The number of aliphatic hydroxyl groups excluding tert-OH is 1. The standard InChI is InChI=1S/C17H21BrN2O/c1-20(12-8-14-6-10-19-11-7-14)13-9-17(21)15-4-2-3-5-16(15)18/h2-7,10-11,17,21H,8-9,12-13H2,1H3. The van der Waals surface area contributed by atoms with E-state index in [0.29, 0.717) is 0 Å². The van der Waals surface area contributed by atoms with Gasteiger partial charge in [-0.1, -0.05) is 34.1 Å². The normalized spacial score (nSPS) is 12.6. The summed E-state index contributed by atoms with van der Waals surface area (Å²) in [6.45, 7) is 1.85. The molecule has 0 bridgehead atoms. The maximum Gasteiger partial charge on any atom is 0.0813 e. The molecule has 112 valence electrons. The number of hydrogen-bond donors (Lipinski definition) is 1. The minimum Gasteiger partial charge on any atom is -0.388 e. The summed E-state index contributed by atoms with van der Waals surface area (Å²) >= 11 is 3.49. The molecule has 0 aliphatic heterocycles. The van der Waals surface area contributed by atoms with E-state index in [1.54, 1.807) is 0 Å². The van der Waals surface area contributed by atoms with Crippen LogP contribution in [0.1, 0.15) is 23.7 Å².